The third-order valence-electron chi connectivity index (χ3n) is 3.21. The molecule has 0 aromatic rings. The van der Waals surface area contributed by atoms with E-state index in [2.05, 4.69) is 6.92 Å². The van der Waals surface area contributed by atoms with Gasteiger partial charge in [-0.2, -0.15) is 0 Å². The highest BCUT2D eigenvalue weighted by Gasteiger charge is 2.27. The summed E-state index contributed by atoms with van der Waals surface area (Å²) in [5, 5.41) is 0. The molecule has 0 heterocycles. The molecule has 2 nitrogen and oxygen atoms in total. The number of ketones is 1. The summed E-state index contributed by atoms with van der Waals surface area (Å²) in [6, 6.07) is -0.263. The summed E-state index contributed by atoms with van der Waals surface area (Å²) in [5.74, 6) is 1.30. The summed E-state index contributed by atoms with van der Waals surface area (Å²) in [6.07, 6.45) is 5.87. The van der Waals surface area contributed by atoms with E-state index in [0.717, 1.165) is 18.8 Å². The quantitative estimate of drug-likeness (QED) is 0.728. The second-order valence-electron chi connectivity index (χ2n) is 4.33. The summed E-state index contributed by atoms with van der Waals surface area (Å²) in [7, 11) is 0. The van der Waals surface area contributed by atoms with Crippen LogP contribution in [0.4, 0.5) is 0 Å². The third kappa shape index (κ3) is 2.80. The largest absolute Gasteiger partial charge is 0.322 e. The molecule has 2 N–H and O–H groups in total. The molecule has 3 unspecified atom stereocenters. The van der Waals surface area contributed by atoms with Crippen LogP contribution in [-0.2, 0) is 4.79 Å². The normalized spacial score (nSPS) is 31.3. The zero-order valence-electron chi connectivity index (χ0n) is 8.75. The van der Waals surface area contributed by atoms with Crippen LogP contribution in [0.2, 0.25) is 0 Å². The second kappa shape index (κ2) is 4.75. The van der Waals surface area contributed by atoms with E-state index in [1.54, 1.807) is 6.92 Å². The lowest BCUT2D eigenvalue weighted by Gasteiger charge is -2.28. The molecule has 0 aromatic heterocycles. The molecule has 3 atom stereocenters. The first-order valence-corrected chi connectivity index (χ1v) is 5.44. The summed E-state index contributed by atoms with van der Waals surface area (Å²) in [4.78, 5) is 11.6. The summed E-state index contributed by atoms with van der Waals surface area (Å²) in [6.45, 7) is 4.02. The van der Waals surface area contributed by atoms with Crippen LogP contribution < -0.4 is 5.73 Å². The van der Waals surface area contributed by atoms with Gasteiger partial charge in [0.1, 0.15) is 0 Å². The van der Waals surface area contributed by atoms with Gasteiger partial charge >= 0.3 is 0 Å². The molecule has 1 rings (SSSR count). The minimum absolute atomic E-state index is 0.263. The first-order valence-electron chi connectivity index (χ1n) is 5.44. The van der Waals surface area contributed by atoms with Gasteiger partial charge < -0.3 is 5.73 Å². The molecule has 76 valence electrons. The number of nitrogens with two attached hydrogens (primary N) is 1. The Balaban J connectivity index is 2.46. The van der Waals surface area contributed by atoms with Crippen molar-refractivity contribution < 1.29 is 4.79 Å². The Hall–Kier alpha value is -0.370. The maximum absolute atomic E-state index is 11.6. The third-order valence-corrected chi connectivity index (χ3v) is 3.21. The standard InChI is InChI=1S/C11H21NO/c1-3-9-5-4-6-10(7-9)11(13)8(2)12/h8-10H,3-7,12H2,1-2H3. The van der Waals surface area contributed by atoms with Crippen molar-refractivity contribution in [1.82, 2.24) is 0 Å². The van der Waals surface area contributed by atoms with Gasteiger partial charge in [-0.05, 0) is 25.7 Å². The van der Waals surface area contributed by atoms with Crippen molar-refractivity contribution in [1.29, 1.82) is 0 Å². The monoisotopic (exact) mass is 183 g/mol. The average Bonchev–Trinajstić information content (AvgIpc) is 2.16. The van der Waals surface area contributed by atoms with Crippen LogP contribution in [0.3, 0.4) is 0 Å². The van der Waals surface area contributed by atoms with Crippen LogP contribution in [0, 0.1) is 11.8 Å². The Bertz CT molecular complexity index is 177. The number of hydrogen-bond donors (Lipinski definition) is 1. The van der Waals surface area contributed by atoms with Gasteiger partial charge in [0, 0.05) is 5.92 Å². The highest BCUT2D eigenvalue weighted by Crippen LogP contribution is 2.31. The Morgan fingerprint density at radius 3 is 2.77 bits per heavy atom. The van der Waals surface area contributed by atoms with Crippen LogP contribution in [0.25, 0.3) is 0 Å². The van der Waals surface area contributed by atoms with Crippen LogP contribution in [0.1, 0.15) is 46.0 Å². The molecule has 0 saturated heterocycles. The van der Waals surface area contributed by atoms with Gasteiger partial charge in [0.15, 0.2) is 5.78 Å². The SMILES string of the molecule is CCC1CCCC(C(=O)C(C)N)C1. The van der Waals surface area contributed by atoms with Crippen molar-refractivity contribution in [2.24, 2.45) is 17.6 Å². The van der Waals surface area contributed by atoms with E-state index < -0.39 is 0 Å². The van der Waals surface area contributed by atoms with Crippen LogP contribution in [0.5, 0.6) is 0 Å². The van der Waals surface area contributed by atoms with E-state index in [9.17, 15) is 4.79 Å². The van der Waals surface area contributed by atoms with Crippen molar-refractivity contribution in [3.8, 4) is 0 Å². The van der Waals surface area contributed by atoms with Crippen LogP contribution >= 0.6 is 0 Å². The van der Waals surface area contributed by atoms with Crippen molar-refractivity contribution in [2.45, 2.75) is 52.0 Å². The molecule has 0 bridgehead atoms. The molecule has 0 aromatic carbocycles. The second-order valence-corrected chi connectivity index (χ2v) is 4.33. The first-order chi connectivity index (χ1) is 6.15. The molecule has 0 aliphatic heterocycles. The van der Waals surface area contributed by atoms with Gasteiger partial charge in [0.2, 0.25) is 0 Å². The Kier molecular flexibility index (Phi) is 3.91. The fraction of sp³-hybridized carbons (Fsp3) is 0.909. The Morgan fingerprint density at radius 2 is 2.23 bits per heavy atom. The van der Waals surface area contributed by atoms with Crippen molar-refractivity contribution in [2.75, 3.05) is 0 Å². The molecule has 0 radical (unpaired) electrons. The predicted molar refractivity (Wildman–Crippen MR) is 54.4 cm³/mol. The zero-order chi connectivity index (χ0) is 9.84. The van der Waals surface area contributed by atoms with Gasteiger partial charge in [0.25, 0.3) is 0 Å². The van der Waals surface area contributed by atoms with E-state index in [1.807, 2.05) is 0 Å². The number of Topliss-reactive ketones (excluding diaryl/α,β-unsaturated/α-hetero) is 1. The maximum Gasteiger partial charge on any atom is 0.152 e. The fourth-order valence-corrected chi connectivity index (χ4v) is 2.29. The number of hydrogen-bond acceptors (Lipinski definition) is 2. The molecule has 1 aliphatic carbocycles. The molecule has 1 aliphatic rings. The van der Waals surface area contributed by atoms with E-state index in [-0.39, 0.29) is 17.7 Å². The topological polar surface area (TPSA) is 43.1 Å². The summed E-state index contributed by atoms with van der Waals surface area (Å²) in [5.41, 5.74) is 5.60. The Labute approximate surface area is 80.9 Å². The lowest BCUT2D eigenvalue weighted by atomic mass is 9.77. The minimum Gasteiger partial charge on any atom is -0.322 e. The van der Waals surface area contributed by atoms with Gasteiger partial charge in [-0.3, -0.25) is 4.79 Å². The molecule has 1 fully saturated rings. The maximum atomic E-state index is 11.6. The lowest BCUT2D eigenvalue weighted by molar-refractivity contribution is -0.125. The van der Waals surface area contributed by atoms with Crippen molar-refractivity contribution in [3.63, 3.8) is 0 Å². The summed E-state index contributed by atoms with van der Waals surface area (Å²) < 4.78 is 0. The van der Waals surface area contributed by atoms with E-state index in [1.165, 1.54) is 19.3 Å². The van der Waals surface area contributed by atoms with Crippen molar-refractivity contribution in [3.05, 3.63) is 0 Å². The zero-order valence-corrected chi connectivity index (χ0v) is 8.75. The van der Waals surface area contributed by atoms with Gasteiger partial charge in [-0.25, -0.2) is 0 Å². The minimum atomic E-state index is -0.263. The predicted octanol–water partition coefficient (Wildman–Crippen LogP) is 2.12. The van der Waals surface area contributed by atoms with Crippen LogP contribution in [0.15, 0.2) is 0 Å². The first kappa shape index (κ1) is 10.7. The van der Waals surface area contributed by atoms with Gasteiger partial charge in [-0.15, -0.1) is 0 Å². The fourth-order valence-electron chi connectivity index (χ4n) is 2.29. The summed E-state index contributed by atoms with van der Waals surface area (Å²) >= 11 is 0. The number of carbonyl (C=O) groups excluding carboxylic acids is 1. The van der Waals surface area contributed by atoms with Gasteiger partial charge in [-0.1, -0.05) is 26.2 Å². The molecular weight excluding hydrogens is 162 g/mol. The highest BCUT2D eigenvalue weighted by atomic mass is 16.1. The van der Waals surface area contributed by atoms with Gasteiger partial charge in [0.05, 0.1) is 6.04 Å². The molecule has 1 saturated carbocycles. The average molecular weight is 183 g/mol. The van der Waals surface area contributed by atoms with E-state index >= 15 is 0 Å². The van der Waals surface area contributed by atoms with E-state index in [0.29, 0.717) is 0 Å². The highest BCUT2D eigenvalue weighted by molar-refractivity contribution is 5.85. The molecule has 0 amide bonds. The van der Waals surface area contributed by atoms with E-state index in [4.69, 9.17) is 5.73 Å². The smallest absolute Gasteiger partial charge is 0.152 e. The molecular formula is C11H21NO. The van der Waals surface area contributed by atoms with Crippen molar-refractivity contribution >= 4 is 5.78 Å². The Morgan fingerprint density at radius 1 is 1.54 bits per heavy atom. The molecule has 0 spiro atoms. The number of rotatable bonds is 3. The van der Waals surface area contributed by atoms with Crippen LogP contribution in [-0.4, -0.2) is 11.8 Å². The molecule has 13 heavy (non-hydrogen) atoms. The molecule has 2 heteroatoms. The number of carbonyl (C=O) groups is 1. The lowest BCUT2D eigenvalue weighted by Crippen LogP contribution is -2.35.